The van der Waals surface area contributed by atoms with Crippen molar-refractivity contribution in [3.63, 3.8) is 0 Å². The molecule has 1 amide bonds. The van der Waals surface area contributed by atoms with Crippen LogP contribution >= 0.6 is 0 Å². The number of aromatic nitrogens is 2. The summed E-state index contributed by atoms with van der Waals surface area (Å²) < 4.78 is 25.4. The molecule has 1 aliphatic rings. The third kappa shape index (κ3) is 4.24. The fraction of sp³-hybridized carbons (Fsp3) is 0.444. The molecule has 134 valence electrons. The number of methoxy groups -OCH3 is 1. The van der Waals surface area contributed by atoms with Crippen LogP contribution in [0.2, 0.25) is 0 Å². The Balaban J connectivity index is 1.78. The number of hydrogen-bond acceptors (Lipinski definition) is 4. The third-order valence-corrected chi connectivity index (χ3v) is 4.17. The van der Waals surface area contributed by atoms with Crippen molar-refractivity contribution in [1.29, 1.82) is 0 Å². The van der Waals surface area contributed by atoms with Crippen LogP contribution in [0.25, 0.3) is 0 Å². The predicted octanol–water partition coefficient (Wildman–Crippen LogP) is 1.91. The number of amides is 1. The SMILES string of the molecule is COCCCNC(=O)c1nn(Cc2ccc(F)cc2)c2c1COCC2. The topological polar surface area (TPSA) is 65.4 Å². The summed E-state index contributed by atoms with van der Waals surface area (Å²) in [5.74, 6) is -0.466. The van der Waals surface area contributed by atoms with Crippen molar-refractivity contribution >= 4 is 5.91 Å². The van der Waals surface area contributed by atoms with E-state index in [1.807, 2.05) is 4.68 Å². The molecule has 0 bridgehead atoms. The number of fused-ring (bicyclic) bond motifs is 1. The fourth-order valence-corrected chi connectivity index (χ4v) is 2.89. The van der Waals surface area contributed by atoms with Gasteiger partial charge in [-0.3, -0.25) is 9.48 Å². The Hall–Kier alpha value is -2.25. The highest BCUT2D eigenvalue weighted by Gasteiger charge is 2.25. The van der Waals surface area contributed by atoms with Crippen LogP contribution < -0.4 is 5.32 Å². The lowest BCUT2D eigenvalue weighted by atomic mass is 10.1. The Bertz CT molecular complexity index is 728. The van der Waals surface area contributed by atoms with Crippen molar-refractivity contribution in [1.82, 2.24) is 15.1 Å². The molecule has 0 fully saturated rings. The Morgan fingerprint density at radius 2 is 2.20 bits per heavy atom. The van der Waals surface area contributed by atoms with E-state index in [-0.39, 0.29) is 11.7 Å². The van der Waals surface area contributed by atoms with Crippen LogP contribution in [0.4, 0.5) is 4.39 Å². The van der Waals surface area contributed by atoms with Gasteiger partial charge < -0.3 is 14.8 Å². The number of carbonyl (C=O) groups excluding carboxylic acids is 1. The Morgan fingerprint density at radius 1 is 1.40 bits per heavy atom. The average molecular weight is 347 g/mol. The van der Waals surface area contributed by atoms with E-state index in [1.165, 1.54) is 12.1 Å². The Kier molecular flexibility index (Phi) is 5.78. The molecule has 0 aliphatic carbocycles. The van der Waals surface area contributed by atoms with Crippen molar-refractivity contribution < 1.29 is 18.7 Å². The third-order valence-electron chi connectivity index (χ3n) is 4.17. The number of halogens is 1. The van der Waals surface area contributed by atoms with E-state index in [9.17, 15) is 9.18 Å². The summed E-state index contributed by atoms with van der Waals surface area (Å²) in [6, 6.07) is 6.32. The van der Waals surface area contributed by atoms with Gasteiger partial charge in [-0.25, -0.2) is 4.39 Å². The fourth-order valence-electron chi connectivity index (χ4n) is 2.89. The smallest absolute Gasteiger partial charge is 0.272 e. The molecule has 0 radical (unpaired) electrons. The number of benzene rings is 1. The van der Waals surface area contributed by atoms with Gasteiger partial charge in [0.1, 0.15) is 5.82 Å². The van der Waals surface area contributed by atoms with E-state index in [0.29, 0.717) is 45.0 Å². The zero-order chi connectivity index (χ0) is 17.6. The highest BCUT2D eigenvalue weighted by Crippen LogP contribution is 2.22. The molecule has 0 spiro atoms. The normalized spacial score (nSPS) is 13.5. The first kappa shape index (κ1) is 17.6. The van der Waals surface area contributed by atoms with Crippen LogP contribution in [-0.2, 0) is 29.0 Å². The first-order valence-electron chi connectivity index (χ1n) is 8.37. The summed E-state index contributed by atoms with van der Waals surface area (Å²) in [7, 11) is 1.63. The summed E-state index contributed by atoms with van der Waals surface area (Å²) in [5, 5.41) is 7.38. The van der Waals surface area contributed by atoms with Gasteiger partial charge in [-0.15, -0.1) is 0 Å². The first-order valence-corrected chi connectivity index (χ1v) is 8.37. The number of nitrogens with zero attached hydrogens (tertiary/aromatic N) is 2. The van der Waals surface area contributed by atoms with Gasteiger partial charge in [0.25, 0.3) is 5.91 Å². The molecule has 0 atom stereocenters. The van der Waals surface area contributed by atoms with Crippen molar-refractivity contribution in [2.24, 2.45) is 0 Å². The van der Waals surface area contributed by atoms with E-state index >= 15 is 0 Å². The lowest BCUT2D eigenvalue weighted by Gasteiger charge is -2.15. The molecule has 2 aromatic rings. The molecular weight excluding hydrogens is 325 g/mol. The van der Waals surface area contributed by atoms with Crippen molar-refractivity contribution in [2.75, 3.05) is 26.9 Å². The largest absolute Gasteiger partial charge is 0.385 e. The molecule has 25 heavy (non-hydrogen) atoms. The number of carbonyl (C=O) groups is 1. The maximum atomic E-state index is 13.1. The second-order valence-corrected chi connectivity index (χ2v) is 5.96. The molecule has 0 saturated heterocycles. The van der Waals surface area contributed by atoms with Crippen LogP contribution in [0, 0.1) is 5.82 Å². The summed E-state index contributed by atoms with van der Waals surface area (Å²) in [6.45, 7) is 2.63. The molecule has 1 aromatic carbocycles. The van der Waals surface area contributed by atoms with E-state index in [2.05, 4.69) is 10.4 Å². The predicted molar refractivity (Wildman–Crippen MR) is 89.9 cm³/mol. The van der Waals surface area contributed by atoms with E-state index < -0.39 is 0 Å². The highest BCUT2D eigenvalue weighted by atomic mass is 19.1. The molecule has 0 unspecified atom stereocenters. The number of ether oxygens (including phenoxy) is 2. The first-order chi connectivity index (χ1) is 12.2. The quantitative estimate of drug-likeness (QED) is 0.777. The maximum Gasteiger partial charge on any atom is 0.272 e. The van der Waals surface area contributed by atoms with Crippen LogP contribution in [0.15, 0.2) is 24.3 Å². The second kappa shape index (κ2) is 8.22. The molecule has 1 aliphatic heterocycles. The molecule has 0 saturated carbocycles. The van der Waals surface area contributed by atoms with Gasteiger partial charge in [0, 0.05) is 37.9 Å². The minimum atomic E-state index is -0.268. The van der Waals surface area contributed by atoms with Crippen molar-refractivity contribution in [3.8, 4) is 0 Å². The molecule has 2 heterocycles. The number of rotatable bonds is 7. The molecule has 3 rings (SSSR count). The van der Waals surface area contributed by atoms with Gasteiger partial charge in [-0.2, -0.15) is 5.10 Å². The number of nitrogens with one attached hydrogen (secondary N) is 1. The molecule has 7 heteroatoms. The minimum absolute atomic E-state index is 0.198. The summed E-state index contributed by atoms with van der Waals surface area (Å²) in [4.78, 5) is 12.5. The summed E-state index contributed by atoms with van der Waals surface area (Å²) >= 11 is 0. The highest BCUT2D eigenvalue weighted by molar-refractivity contribution is 5.94. The summed E-state index contributed by atoms with van der Waals surface area (Å²) in [6.07, 6.45) is 1.46. The van der Waals surface area contributed by atoms with E-state index in [1.54, 1.807) is 19.2 Å². The second-order valence-electron chi connectivity index (χ2n) is 5.96. The van der Waals surface area contributed by atoms with E-state index in [0.717, 1.165) is 23.2 Å². The van der Waals surface area contributed by atoms with Gasteiger partial charge in [0.2, 0.25) is 0 Å². The van der Waals surface area contributed by atoms with Crippen LogP contribution in [0.3, 0.4) is 0 Å². The zero-order valence-electron chi connectivity index (χ0n) is 14.3. The standard InChI is InChI=1S/C18H22FN3O3/c1-24-9-2-8-20-18(23)17-15-12-25-10-7-16(15)22(21-17)11-13-3-5-14(19)6-4-13/h3-6H,2,7-12H2,1H3,(H,20,23). The minimum Gasteiger partial charge on any atom is -0.385 e. The van der Waals surface area contributed by atoms with E-state index in [4.69, 9.17) is 9.47 Å². The van der Waals surface area contributed by atoms with Crippen molar-refractivity contribution in [2.45, 2.75) is 26.0 Å². The molecular formula is C18H22FN3O3. The lowest BCUT2D eigenvalue weighted by Crippen LogP contribution is -2.27. The monoisotopic (exact) mass is 347 g/mol. The lowest BCUT2D eigenvalue weighted by molar-refractivity contribution is 0.0920. The summed E-state index contributed by atoms with van der Waals surface area (Å²) in [5.41, 5.74) is 3.20. The number of hydrogen-bond donors (Lipinski definition) is 1. The maximum absolute atomic E-state index is 13.1. The van der Waals surface area contributed by atoms with Crippen LogP contribution in [0.5, 0.6) is 0 Å². The van der Waals surface area contributed by atoms with Crippen molar-refractivity contribution in [3.05, 3.63) is 52.6 Å². The molecule has 1 aromatic heterocycles. The van der Waals surface area contributed by atoms with Gasteiger partial charge in [-0.1, -0.05) is 12.1 Å². The van der Waals surface area contributed by atoms with Gasteiger partial charge in [0.15, 0.2) is 5.69 Å². The molecule has 6 nitrogen and oxygen atoms in total. The van der Waals surface area contributed by atoms with Crippen LogP contribution in [0.1, 0.15) is 33.7 Å². The van der Waals surface area contributed by atoms with Crippen LogP contribution in [-0.4, -0.2) is 42.6 Å². The Morgan fingerprint density at radius 3 is 2.96 bits per heavy atom. The van der Waals surface area contributed by atoms with Gasteiger partial charge >= 0.3 is 0 Å². The molecule has 1 N–H and O–H groups in total. The van der Waals surface area contributed by atoms with Gasteiger partial charge in [-0.05, 0) is 24.1 Å². The van der Waals surface area contributed by atoms with Gasteiger partial charge in [0.05, 0.1) is 19.8 Å². The average Bonchev–Trinajstić information content (AvgIpc) is 2.99. The zero-order valence-corrected chi connectivity index (χ0v) is 14.3. The Labute approximate surface area is 145 Å².